The zero-order valence-electron chi connectivity index (χ0n) is 11.3. The summed E-state index contributed by atoms with van der Waals surface area (Å²) in [6, 6.07) is 0. The normalized spacial score (nSPS) is 19.4. The van der Waals surface area contributed by atoms with E-state index in [4.69, 9.17) is 4.74 Å². The lowest BCUT2D eigenvalue weighted by atomic mass is 10.2. The van der Waals surface area contributed by atoms with E-state index < -0.39 is 0 Å². The van der Waals surface area contributed by atoms with Crippen LogP contribution in [0.5, 0.6) is 0 Å². The minimum atomic E-state index is 0.0908. The molecule has 0 spiro atoms. The van der Waals surface area contributed by atoms with Crippen molar-refractivity contribution in [1.82, 2.24) is 19.5 Å². The molecule has 1 saturated heterocycles. The van der Waals surface area contributed by atoms with Gasteiger partial charge >= 0.3 is 0 Å². The summed E-state index contributed by atoms with van der Waals surface area (Å²) in [6.07, 6.45) is 6.87. The number of fused-ring (bicyclic) bond motifs is 1. The standard InChI is InChI=1S/C11H14N4O.C2H6/c1-8-10-11(13-6-12-8)15(7-14-10)9-4-2-3-5-16-9;1-2/h6-7,9H,2-5H2,1H3;1-2H3. The second kappa shape index (κ2) is 5.91. The Kier molecular flexibility index (Phi) is 4.25. The Labute approximate surface area is 107 Å². The minimum absolute atomic E-state index is 0.0908. The fraction of sp³-hybridized carbons (Fsp3) is 0.615. The zero-order valence-corrected chi connectivity index (χ0v) is 11.3. The van der Waals surface area contributed by atoms with Crippen LogP contribution in [0.15, 0.2) is 12.7 Å². The molecule has 0 saturated carbocycles. The summed E-state index contributed by atoms with van der Waals surface area (Å²) in [5.74, 6) is 0. The predicted molar refractivity (Wildman–Crippen MR) is 70.2 cm³/mol. The molecule has 1 fully saturated rings. The lowest BCUT2D eigenvalue weighted by Crippen LogP contribution is -2.17. The van der Waals surface area contributed by atoms with Crippen LogP contribution in [0.1, 0.15) is 45.0 Å². The maximum Gasteiger partial charge on any atom is 0.165 e. The van der Waals surface area contributed by atoms with Gasteiger partial charge in [0.2, 0.25) is 0 Å². The highest BCUT2D eigenvalue weighted by Crippen LogP contribution is 2.25. The van der Waals surface area contributed by atoms with Crippen molar-refractivity contribution in [2.24, 2.45) is 0 Å². The lowest BCUT2D eigenvalue weighted by molar-refractivity contribution is -0.0298. The van der Waals surface area contributed by atoms with Crippen LogP contribution in [0.25, 0.3) is 11.2 Å². The topological polar surface area (TPSA) is 52.8 Å². The third-order valence-corrected chi connectivity index (χ3v) is 3.01. The highest BCUT2D eigenvalue weighted by Gasteiger charge is 2.18. The monoisotopic (exact) mass is 248 g/mol. The number of aromatic nitrogens is 4. The van der Waals surface area contributed by atoms with Crippen molar-refractivity contribution in [3.05, 3.63) is 18.3 Å². The van der Waals surface area contributed by atoms with Crippen molar-refractivity contribution in [2.75, 3.05) is 6.61 Å². The summed E-state index contributed by atoms with van der Waals surface area (Å²) in [4.78, 5) is 12.8. The van der Waals surface area contributed by atoms with Gasteiger partial charge < -0.3 is 4.74 Å². The lowest BCUT2D eigenvalue weighted by Gasteiger charge is -2.23. The van der Waals surface area contributed by atoms with Crippen LogP contribution in [0.2, 0.25) is 0 Å². The molecule has 0 bridgehead atoms. The first-order valence-electron chi connectivity index (χ1n) is 6.62. The van der Waals surface area contributed by atoms with Gasteiger partial charge in [-0.2, -0.15) is 0 Å². The molecule has 1 unspecified atom stereocenters. The second-order valence-corrected chi connectivity index (χ2v) is 4.10. The highest BCUT2D eigenvalue weighted by molar-refractivity contribution is 5.72. The van der Waals surface area contributed by atoms with E-state index in [1.807, 2.05) is 31.7 Å². The number of hydrogen-bond acceptors (Lipinski definition) is 4. The Morgan fingerprint density at radius 2 is 2.06 bits per heavy atom. The van der Waals surface area contributed by atoms with Gasteiger partial charge in [-0.15, -0.1) is 0 Å². The van der Waals surface area contributed by atoms with Crippen molar-refractivity contribution in [1.29, 1.82) is 0 Å². The highest BCUT2D eigenvalue weighted by atomic mass is 16.5. The molecule has 5 nitrogen and oxygen atoms in total. The van der Waals surface area contributed by atoms with Crippen LogP contribution in [-0.4, -0.2) is 26.1 Å². The molecule has 1 aliphatic heterocycles. The van der Waals surface area contributed by atoms with Gasteiger partial charge in [0, 0.05) is 6.61 Å². The van der Waals surface area contributed by atoms with Gasteiger partial charge in [-0.25, -0.2) is 15.0 Å². The molecule has 98 valence electrons. The molecule has 1 atom stereocenters. The van der Waals surface area contributed by atoms with Gasteiger partial charge in [-0.3, -0.25) is 4.57 Å². The van der Waals surface area contributed by atoms with Crippen LogP contribution in [-0.2, 0) is 4.74 Å². The van der Waals surface area contributed by atoms with Crippen LogP contribution in [0.4, 0.5) is 0 Å². The number of aryl methyl sites for hydroxylation is 1. The molecule has 18 heavy (non-hydrogen) atoms. The molecule has 2 aromatic heterocycles. The number of nitrogens with zero attached hydrogens (tertiary/aromatic N) is 4. The second-order valence-electron chi connectivity index (χ2n) is 4.10. The number of ether oxygens (including phenoxy) is 1. The summed E-state index contributed by atoms with van der Waals surface area (Å²) < 4.78 is 7.75. The fourth-order valence-electron chi connectivity index (χ4n) is 2.12. The van der Waals surface area contributed by atoms with Crippen molar-refractivity contribution < 1.29 is 4.74 Å². The van der Waals surface area contributed by atoms with Gasteiger partial charge in [0.1, 0.15) is 18.1 Å². The fourth-order valence-corrected chi connectivity index (χ4v) is 2.12. The van der Waals surface area contributed by atoms with E-state index in [0.29, 0.717) is 0 Å². The first-order valence-corrected chi connectivity index (χ1v) is 6.62. The molecule has 0 radical (unpaired) electrons. The summed E-state index contributed by atoms with van der Waals surface area (Å²) in [6.45, 7) is 6.78. The SMILES string of the molecule is CC.Cc1ncnc2c1ncn2C1CCCCO1. The van der Waals surface area contributed by atoms with Crippen molar-refractivity contribution in [3.63, 3.8) is 0 Å². The average molecular weight is 248 g/mol. The predicted octanol–water partition coefficient (Wildman–Crippen LogP) is 2.86. The smallest absolute Gasteiger partial charge is 0.165 e. The third-order valence-electron chi connectivity index (χ3n) is 3.01. The molecule has 1 aliphatic rings. The number of rotatable bonds is 1. The molecule has 0 aliphatic carbocycles. The molecule has 3 rings (SSSR count). The van der Waals surface area contributed by atoms with E-state index in [1.54, 1.807) is 6.33 Å². The van der Waals surface area contributed by atoms with E-state index in [1.165, 1.54) is 6.42 Å². The molecular weight excluding hydrogens is 228 g/mol. The van der Waals surface area contributed by atoms with Crippen LogP contribution in [0.3, 0.4) is 0 Å². The molecule has 0 aromatic carbocycles. The Balaban J connectivity index is 0.000000574. The minimum Gasteiger partial charge on any atom is -0.358 e. The largest absolute Gasteiger partial charge is 0.358 e. The Morgan fingerprint density at radius 3 is 2.78 bits per heavy atom. The molecular formula is C13H20N4O. The van der Waals surface area contributed by atoms with Gasteiger partial charge in [0.25, 0.3) is 0 Å². The first kappa shape index (κ1) is 13.0. The summed E-state index contributed by atoms with van der Waals surface area (Å²) in [5, 5.41) is 0. The zero-order chi connectivity index (χ0) is 13.0. The Hall–Kier alpha value is -1.49. The van der Waals surface area contributed by atoms with Crippen LogP contribution < -0.4 is 0 Å². The van der Waals surface area contributed by atoms with Crippen molar-refractivity contribution in [3.8, 4) is 0 Å². The average Bonchev–Trinajstić information content (AvgIpc) is 2.87. The Bertz CT molecular complexity index is 503. The van der Waals surface area contributed by atoms with E-state index in [2.05, 4.69) is 15.0 Å². The quantitative estimate of drug-likeness (QED) is 0.778. The van der Waals surface area contributed by atoms with Crippen molar-refractivity contribution >= 4 is 11.2 Å². The molecule has 0 amide bonds. The molecule has 3 heterocycles. The third kappa shape index (κ3) is 2.36. The van der Waals surface area contributed by atoms with Gasteiger partial charge in [0.05, 0.1) is 12.0 Å². The van der Waals surface area contributed by atoms with Crippen LogP contribution in [0, 0.1) is 6.92 Å². The van der Waals surface area contributed by atoms with Gasteiger partial charge in [-0.1, -0.05) is 13.8 Å². The van der Waals surface area contributed by atoms with E-state index in [0.717, 1.165) is 36.3 Å². The van der Waals surface area contributed by atoms with Gasteiger partial charge in [-0.05, 0) is 26.2 Å². The summed E-state index contributed by atoms with van der Waals surface area (Å²) in [5.41, 5.74) is 2.66. The van der Waals surface area contributed by atoms with E-state index in [-0.39, 0.29) is 6.23 Å². The van der Waals surface area contributed by atoms with Crippen molar-refractivity contribution in [2.45, 2.75) is 46.3 Å². The summed E-state index contributed by atoms with van der Waals surface area (Å²) in [7, 11) is 0. The first-order chi connectivity index (χ1) is 8.86. The maximum absolute atomic E-state index is 5.73. The summed E-state index contributed by atoms with van der Waals surface area (Å²) >= 11 is 0. The number of imidazole rings is 1. The Morgan fingerprint density at radius 1 is 1.22 bits per heavy atom. The molecule has 0 N–H and O–H groups in total. The van der Waals surface area contributed by atoms with E-state index >= 15 is 0 Å². The number of hydrogen-bond donors (Lipinski definition) is 0. The van der Waals surface area contributed by atoms with Gasteiger partial charge in [0.15, 0.2) is 5.65 Å². The van der Waals surface area contributed by atoms with E-state index in [9.17, 15) is 0 Å². The molecule has 5 heteroatoms. The van der Waals surface area contributed by atoms with Crippen LogP contribution >= 0.6 is 0 Å². The maximum atomic E-state index is 5.73. The molecule has 2 aromatic rings.